The number of alkyl halides is 3. The second-order valence-electron chi connectivity index (χ2n) is 10.1. The molecule has 0 fully saturated rings. The maximum absolute atomic E-state index is 14.1. The number of benzene rings is 5. The maximum Gasteiger partial charge on any atom is 0.524 e. The summed E-state index contributed by atoms with van der Waals surface area (Å²) in [4.78, 5) is 13.6. The Morgan fingerprint density at radius 2 is 1.11 bits per heavy atom. The average molecular weight is 667 g/mol. The van der Waals surface area contributed by atoms with Gasteiger partial charge < -0.3 is 9.47 Å². The third-order valence-corrected chi connectivity index (χ3v) is 12.1. The molecule has 0 radical (unpaired) electrons. The van der Waals surface area contributed by atoms with Crippen molar-refractivity contribution in [2.24, 2.45) is 0 Å². The molecule has 0 aliphatic rings. The quantitative estimate of drug-likeness (QED) is 0.109. The van der Waals surface area contributed by atoms with Crippen LogP contribution in [0.1, 0.15) is 21.5 Å². The normalized spacial score (nSPS) is 13.8. The first-order valence-electron chi connectivity index (χ1n) is 13.8. The lowest BCUT2D eigenvalue weighted by molar-refractivity contribution is -0.0496. The van der Waals surface area contributed by atoms with E-state index in [-0.39, 0.29) is 26.0 Å². The zero-order valence-corrected chi connectivity index (χ0v) is 26.6. The van der Waals surface area contributed by atoms with Crippen LogP contribution in [-0.2, 0) is 13.7 Å². The molecule has 0 spiro atoms. The zero-order chi connectivity index (χ0) is 33.1. The summed E-state index contributed by atoms with van der Waals surface area (Å²) < 4.78 is 84.9. The van der Waals surface area contributed by atoms with Crippen LogP contribution < -0.4 is 9.47 Å². The topological polar surface area (TPSA) is 78.9 Å². The molecule has 0 heterocycles. The van der Waals surface area contributed by atoms with Gasteiger partial charge in [0, 0.05) is 36.9 Å². The second-order valence-corrected chi connectivity index (χ2v) is 14.6. The number of carbonyl (C=O) groups is 1. The lowest BCUT2D eigenvalue weighted by atomic mass is 10.0. The van der Waals surface area contributed by atoms with Gasteiger partial charge in [0.1, 0.15) is 11.5 Å². The Labute approximate surface area is 267 Å². The Bertz CT molecular complexity index is 1960. The van der Waals surface area contributed by atoms with Crippen LogP contribution in [0.4, 0.5) is 13.2 Å². The fraction of sp³-hybridized carbons (Fsp3) is 0.114. The molecule has 1 atom stereocenters. The first-order valence-corrected chi connectivity index (χ1v) is 16.8. The van der Waals surface area contributed by atoms with E-state index < -0.39 is 25.9 Å². The number of hydrogen-bond donors (Lipinski definition) is 0. The molecule has 0 aromatic heterocycles. The molecule has 0 saturated carbocycles. The SMILES string of the molecule is COc1ccccc1-c1cc(S(OS(=O)(=O)C(F)(F)F)(c2ccc(C)cc2)c2ccc(C(=O)c3ccccc3)cc2)ccc1OC. The average Bonchev–Trinajstić information content (AvgIpc) is 3.07. The second kappa shape index (κ2) is 13.0. The summed E-state index contributed by atoms with van der Waals surface area (Å²) in [5.41, 5.74) is -3.26. The van der Waals surface area contributed by atoms with Crippen molar-refractivity contribution >= 4 is 26.2 Å². The molecule has 0 saturated heterocycles. The van der Waals surface area contributed by atoms with Crippen molar-refractivity contribution in [3.63, 3.8) is 0 Å². The lowest BCUT2D eigenvalue weighted by Crippen LogP contribution is -2.27. The predicted molar refractivity (Wildman–Crippen MR) is 171 cm³/mol. The lowest BCUT2D eigenvalue weighted by Gasteiger charge is -2.40. The van der Waals surface area contributed by atoms with Gasteiger partial charge in [-0.05, 0) is 77.9 Å². The summed E-state index contributed by atoms with van der Waals surface area (Å²) in [5, 5.41) is 0. The number of ketones is 1. The highest BCUT2D eigenvalue weighted by atomic mass is 32.3. The number of rotatable bonds is 10. The van der Waals surface area contributed by atoms with E-state index in [1.165, 1.54) is 44.6 Å². The summed E-state index contributed by atoms with van der Waals surface area (Å²) in [6.45, 7) is 1.80. The van der Waals surface area contributed by atoms with Crippen molar-refractivity contribution in [3.05, 3.63) is 138 Å². The van der Waals surface area contributed by atoms with E-state index in [0.717, 1.165) is 5.56 Å². The first kappa shape index (κ1) is 32.8. The smallest absolute Gasteiger partial charge is 0.496 e. The first-order chi connectivity index (χ1) is 21.9. The number of aryl methyl sites for hydroxylation is 1. The molecule has 5 rings (SSSR count). The number of para-hydroxylation sites is 1. The molecule has 0 bridgehead atoms. The molecule has 5 aromatic carbocycles. The molecule has 0 aliphatic carbocycles. The number of hydrogen-bond acceptors (Lipinski definition) is 6. The fourth-order valence-corrected chi connectivity index (χ4v) is 9.65. The van der Waals surface area contributed by atoms with Crippen molar-refractivity contribution in [2.75, 3.05) is 14.2 Å². The number of ether oxygens (including phenoxy) is 2. The fourth-order valence-electron chi connectivity index (χ4n) is 4.93. The Kier molecular flexibility index (Phi) is 9.29. The van der Waals surface area contributed by atoms with Gasteiger partial charge >= 0.3 is 15.6 Å². The Balaban J connectivity index is 1.83. The predicted octanol–water partition coefficient (Wildman–Crippen LogP) is 8.97. The molecule has 6 nitrogen and oxygen atoms in total. The largest absolute Gasteiger partial charge is 0.524 e. The van der Waals surface area contributed by atoms with Crippen LogP contribution in [0.15, 0.2) is 136 Å². The van der Waals surface area contributed by atoms with Crippen LogP contribution in [0.25, 0.3) is 11.1 Å². The molecule has 46 heavy (non-hydrogen) atoms. The molecule has 0 N–H and O–H groups in total. The van der Waals surface area contributed by atoms with E-state index >= 15 is 0 Å². The molecular weight excluding hydrogens is 638 g/mol. The van der Waals surface area contributed by atoms with Crippen LogP contribution in [0.5, 0.6) is 11.5 Å². The minimum Gasteiger partial charge on any atom is -0.496 e. The molecular formula is C35H29F3O6S2. The summed E-state index contributed by atoms with van der Waals surface area (Å²) in [5.74, 6) is 0.518. The molecule has 11 heteroatoms. The van der Waals surface area contributed by atoms with E-state index in [9.17, 15) is 26.4 Å². The summed E-state index contributed by atoms with van der Waals surface area (Å²) >= 11 is 0. The third-order valence-electron chi connectivity index (χ3n) is 7.21. The van der Waals surface area contributed by atoms with Gasteiger partial charge in [-0.25, -0.2) is 0 Å². The number of methoxy groups -OCH3 is 2. The highest BCUT2D eigenvalue weighted by molar-refractivity contribution is 8.33. The van der Waals surface area contributed by atoms with Gasteiger partial charge in [0.05, 0.1) is 14.2 Å². The van der Waals surface area contributed by atoms with E-state index in [1.54, 1.807) is 97.9 Å². The minimum absolute atomic E-state index is 0.116. The summed E-state index contributed by atoms with van der Waals surface area (Å²) in [6.07, 6.45) is 0. The van der Waals surface area contributed by atoms with Crippen LogP contribution in [-0.4, -0.2) is 33.9 Å². The van der Waals surface area contributed by atoms with E-state index in [2.05, 4.69) is 0 Å². The van der Waals surface area contributed by atoms with Gasteiger partial charge in [-0.3, -0.25) is 4.79 Å². The van der Waals surface area contributed by atoms with E-state index in [0.29, 0.717) is 28.2 Å². The van der Waals surface area contributed by atoms with Gasteiger partial charge in [0.2, 0.25) is 0 Å². The van der Waals surface area contributed by atoms with E-state index in [4.69, 9.17) is 13.1 Å². The van der Waals surface area contributed by atoms with Gasteiger partial charge in [-0.2, -0.15) is 25.2 Å². The Hall–Kier alpha value is -4.58. The van der Waals surface area contributed by atoms with Gasteiger partial charge in [-0.15, -0.1) is 0 Å². The maximum atomic E-state index is 14.1. The summed E-state index contributed by atoms with van der Waals surface area (Å²) in [7, 11) is -6.93. The molecule has 5 aromatic rings. The highest BCUT2D eigenvalue weighted by Gasteiger charge is 2.52. The molecule has 1 unspecified atom stereocenters. The standard InChI is InChI=1S/C35H29F3O6S2/c1-24-13-17-27(18-14-24)45(44-46(40,41)35(36,37)38,28-19-15-26(16-20-28)34(39)25-9-5-4-6-10-25)29-21-22-33(43-3)31(23-29)30-11-7-8-12-32(30)42-2/h4-23H,1-3H3. The monoisotopic (exact) mass is 666 g/mol. The molecule has 238 valence electrons. The van der Waals surface area contributed by atoms with Gasteiger partial charge in [0.25, 0.3) is 0 Å². The van der Waals surface area contributed by atoms with Crippen molar-refractivity contribution < 1.29 is 39.5 Å². The van der Waals surface area contributed by atoms with Crippen LogP contribution in [0, 0.1) is 6.92 Å². The van der Waals surface area contributed by atoms with E-state index in [1.807, 2.05) is 0 Å². The van der Waals surface area contributed by atoms with Crippen molar-refractivity contribution in [3.8, 4) is 22.6 Å². The van der Waals surface area contributed by atoms with Gasteiger partial charge in [0.15, 0.2) is 5.78 Å². The van der Waals surface area contributed by atoms with Crippen molar-refractivity contribution in [2.45, 2.75) is 27.1 Å². The van der Waals surface area contributed by atoms with Crippen LogP contribution in [0.2, 0.25) is 0 Å². The Morgan fingerprint density at radius 3 is 1.70 bits per heavy atom. The number of carbonyl (C=O) groups excluding carboxylic acids is 1. The van der Waals surface area contributed by atoms with Gasteiger partial charge in [-0.1, -0.05) is 66.2 Å². The Morgan fingerprint density at radius 1 is 0.609 bits per heavy atom. The molecule has 0 amide bonds. The van der Waals surface area contributed by atoms with Crippen molar-refractivity contribution in [1.82, 2.24) is 0 Å². The van der Waals surface area contributed by atoms with Crippen LogP contribution >= 0.6 is 10.3 Å². The van der Waals surface area contributed by atoms with Crippen LogP contribution in [0.3, 0.4) is 0 Å². The zero-order valence-electron chi connectivity index (χ0n) is 24.9. The van der Waals surface area contributed by atoms with Crippen molar-refractivity contribution in [1.29, 1.82) is 0 Å². The summed E-state index contributed by atoms with van der Waals surface area (Å²) in [6, 6.07) is 32.3. The minimum atomic E-state index is -6.17. The highest BCUT2D eigenvalue weighted by Crippen LogP contribution is 2.71. The third kappa shape index (κ3) is 6.26. The number of halogens is 3. The molecule has 0 aliphatic heterocycles.